The Morgan fingerprint density at radius 3 is 0.643 bits per heavy atom. The molecule has 0 radical (unpaired) electrons. The molecule has 6 aromatic rings. The molecule has 292 valence electrons. The third-order valence-electron chi connectivity index (χ3n) is 8.89. The Labute approximate surface area is 331 Å². The van der Waals surface area contributed by atoms with E-state index < -0.39 is 39.3 Å². The molecule has 0 aliphatic heterocycles. The second-order valence-electron chi connectivity index (χ2n) is 14.3. The summed E-state index contributed by atoms with van der Waals surface area (Å²) < 4.78 is 104. The van der Waals surface area contributed by atoms with Crippen molar-refractivity contribution in [3.8, 4) is 0 Å². The summed E-state index contributed by atoms with van der Waals surface area (Å²) in [6.45, 7) is 14.7. The van der Waals surface area contributed by atoms with Crippen LogP contribution in [0.3, 0.4) is 0 Å². The maximum atomic E-state index is 13.1. The Hall–Kier alpha value is -4.88. The van der Waals surface area contributed by atoms with Crippen LogP contribution in [0.5, 0.6) is 0 Å². The van der Waals surface area contributed by atoms with E-state index in [4.69, 9.17) is 0 Å². The molecule has 0 amide bonds. The van der Waals surface area contributed by atoms with Crippen molar-refractivity contribution in [2.24, 2.45) is 0 Å². The predicted molar refractivity (Wildman–Crippen MR) is 218 cm³/mol. The van der Waals surface area contributed by atoms with Gasteiger partial charge in [-0.3, -0.25) is 0 Å². The van der Waals surface area contributed by atoms with E-state index in [-0.39, 0.29) is 39.2 Å². The normalized spacial score (nSPS) is 12.1. The molecule has 0 aromatic heterocycles. The molecule has 56 heavy (non-hydrogen) atoms. The molecule has 8 nitrogen and oxygen atoms in total. The average Bonchev–Trinajstić information content (AvgIpc) is 3.10. The van der Waals surface area contributed by atoms with Gasteiger partial charge >= 0.3 is 0 Å². The fourth-order valence-electron chi connectivity index (χ4n) is 6.50. The highest BCUT2D eigenvalue weighted by Crippen LogP contribution is 2.30. The van der Waals surface area contributed by atoms with Crippen LogP contribution in [0.1, 0.15) is 44.5 Å². The summed E-state index contributed by atoms with van der Waals surface area (Å²) >= 11 is 0. The third-order valence-corrected chi connectivity index (χ3v) is 15.9. The van der Waals surface area contributed by atoms with Crippen molar-refractivity contribution in [2.75, 3.05) is 0 Å². The van der Waals surface area contributed by atoms with E-state index in [9.17, 15) is 33.7 Å². The molecule has 0 aliphatic carbocycles. The zero-order chi connectivity index (χ0) is 41.4. The fourth-order valence-corrected chi connectivity index (χ4v) is 12.5. The van der Waals surface area contributed by atoms with Crippen molar-refractivity contribution in [3.63, 3.8) is 0 Å². The lowest BCUT2D eigenvalue weighted by Gasteiger charge is -2.10. The summed E-state index contributed by atoms with van der Waals surface area (Å²) in [4.78, 5) is 0.779. The third kappa shape index (κ3) is 9.21. The van der Waals surface area contributed by atoms with Gasteiger partial charge in [-0.15, -0.1) is 0 Å². The van der Waals surface area contributed by atoms with Gasteiger partial charge in [0.2, 0.25) is 39.3 Å². The average molecular weight is 829 g/mol. The number of hydrogen-bond acceptors (Lipinski definition) is 8. The molecule has 0 unspecified atom stereocenters. The minimum Gasteiger partial charge on any atom is -0.219 e. The second-order valence-corrected chi connectivity index (χ2v) is 22.1. The van der Waals surface area contributed by atoms with Crippen LogP contribution in [0, 0.1) is 55.4 Å². The second kappa shape index (κ2) is 15.9. The molecule has 12 heteroatoms. The van der Waals surface area contributed by atoms with Crippen molar-refractivity contribution < 1.29 is 33.7 Å². The summed E-state index contributed by atoms with van der Waals surface area (Å²) in [6.07, 6.45) is 0. The molecule has 0 heterocycles. The monoisotopic (exact) mass is 828 g/mol. The highest BCUT2D eigenvalue weighted by Gasteiger charge is 2.25. The number of hydrogen-bond donors (Lipinski definition) is 0. The first-order valence-electron chi connectivity index (χ1n) is 17.5. The van der Waals surface area contributed by atoms with Crippen LogP contribution in [0.15, 0.2) is 160 Å². The molecule has 0 bridgehead atoms. The van der Waals surface area contributed by atoms with Crippen LogP contribution in [0.4, 0.5) is 0 Å². The largest absolute Gasteiger partial charge is 0.219 e. The van der Waals surface area contributed by atoms with Crippen LogP contribution < -0.4 is 0 Å². The first-order chi connectivity index (χ1) is 26.0. The molecule has 0 saturated carbocycles. The Morgan fingerprint density at radius 2 is 0.429 bits per heavy atom. The zero-order valence-electron chi connectivity index (χ0n) is 32.4. The number of rotatable bonds is 8. The van der Waals surface area contributed by atoms with Gasteiger partial charge in [-0.2, -0.15) is 0 Å². The Balaban J connectivity index is 0.000000214. The van der Waals surface area contributed by atoms with Gasteiger partial charge in [0.05, 0.1) is 39.2 Å². The molecular weight excluding hydrogens is 785 g/mol. The lowest BCUT2D eigenvalue weighted by molar-refractivity contribution is 0.592. The van der Waals surface area contributed by atoms with Gasteiger partial charge in [-0.1, -0.05) is 30.3 Å². The van der Waals surface area contributed by atoms with Crippen LogP contribution >= 0.6 is 0 Å². The standard InChI is InChI=1S/2C22H22O4S2/c1-15-9-16(2)12-21(11-15)27(23,24)19-5-7-20(8-6-19)28(25,26)22-13-17(3)10-18(4)14-22;1-15-8-16(2)11-21(10-15)27(23,24)19-6-5-7-20(14-19)28(25,26)22-12-17(3)9-18(4)13-22/h2*5-14H,1-4H3. The number of aryl methyl sites for hydroxylation is 8. The van der Waals surface area contributed by atoms with E-state index in [1.807, 2.05) is 79.7 Å². The fraction of sp³-hybridized carbons (Fsp3) is 0.182. The van der Waals surface area contributed by atoms with Gasteiger partial charge in [0.25, 0.3) is 0 Å². The summed E-state index contributed by atoms with van der Waals surface area (Å²) in [5.74, 6) is 0. The van der Waals surface area contributed by atoms with E-state index in [0.717, 1.165) is 44.5 Å². The Kier molecular flexibility index (Phi) is 12.0. The highest BCUT2D eigenvalue weighted by atomic mass is 32.2. The first kappa shape index (κ1) is 42.3. The van der Waals surface area contributed by atoms with Crippen molar-refractivity contribution in [3.05, 3.63) is 166 Å². The zero-order valence-corrected chi connectivity index (χ0v) is 35.7. The van der Waals surface area contributed by atoms with E-state index in [1.165, 1.54) is 48.5 Å². The van der Waals surface area contributed by atoms with Gasteiger partial charge in [0.1, 0.15) is 0 Å². The minimum absolute atomic E-state index is 0.0389. The summed E-state index contributed by atoms with van der Waals surface area (Å²) in [7, 11) is -15.1. The molecule has 0 saturated heterocycles. The van der Waals surface area contributed by atoms with Gasteiger partial charge < -0.3 is 0 Å². The first-order valence-corrected chi connectivity index (χ1v) is 23.5. The van der Waals surface area contributed by atoms with Crippen LogP contribution in [0.2, 0.25) is 0 Å². The molecule has 0 fully saturated rings. The smallest absolute Gasteiger partial charge is 0.206 e. The Morgan fingerprint density at radius 1 is 0.232 bits per heavy atom. The number of sulfone groups is 4. The van der Waals surface area contributed by atoms with Gasteiger partial charge in [-0.25, -0.2) is 33.7 Å². The molecule has 6 rings (SSSR count). The van der Waals surface area contributed by atoms with E-state index in [2.05, 4.69) is 0 Å². The van der Waals surface area contributed by atoms with E-state index >= 15 is 0 Å². The minimum atomic E-state index is -3.83. The molecule has 0 spiro atoms. The van der Waals surface area contributed by atoms with Crippen LogP contribution in [0.25, 0.3) is 0 Å². The van der Waals surface area contributed by atoms with Crippen molar-refractivity contribution in [1.29, 1.82) is 0 Å². The van der Waals surface area contributed by atoms with Crippen molar-refractivity contribution >= 4 is 39.3 Å². The molecule has 0 atom stereocenters. The van der Waals surface area contributed by atoms with Gasteiger partial charge in [0, 0.05) is 0 Å². The topological polar surface area (TPSA) is 137 Å². The lowest BCUT2D eigenvalue weighted by Crippen LogP contribution is -2.07. The maximum Gasteiger partial charge on any atom is 0.206 e. The summed E-state index contributed by atoms with van der Waals surface area (Å²) in [5.41, 5.74) is 6.74. The van der Waals surface area contributed by atoms with Crippen molar-refractivity contribution in [1.82, 2.24) is 0 Å². The predicted octanol–water partition coefficient (Wildman–Crippen LogP) is 9.17. The van der Waals surface area contributed by atoms with Gasteiger partial charge in [0.15, 0.2) is 0 Å². The molecule has 0 N–H and O–H groups in total. The maximum absolute atomic E-state index is 13.1. The van der Waals surface area contributed by atoms with Crippen LogP contribution in [-0.4, -0.2) is 33.7 Å². The quantitative estimate of drug-likeness (QED) is 0.148. The lowest BCUT2D eigenvalue weighted by atomic mass is 10.2. The van der Waals surface area contributed by atoms with E-state index in [0.29, 0.717) is 0 Å². The molecular formula is C44H44O8S4. The van der Waals surface area contributed by atoms with Crippen molar-refractivity contribution in [2.45, 2.75) is 94.6 Å². The summed E-state index contributed by atoms with van der Waals surface area (Å²) in [5, 5.41) is 0. The molecule has 0 aliphatic rings. The Bertz CT molecular complexity index is 2650. The molecule has 6 aromatic carbocycles. The summed E-state index contributed by atoms with van der Waals surface area (Å²) in [6, 6.07) is 31.3. The SMILES string of the molecule is Cc1cc(C)cc(S(=O)(=O)c2ccc(S(=O)(=O)c3cc(C)cc(C)c3)cc2)c1.Cc1cc(C)cc(S(=O)(=O)c2cccc(S(=O)(=O)c3cc(C)cc(C)c3)c2)c1. The van der Waals surface area contributed by atoms with Crippen LogP contribution in [-0.2, 0) is 39.3 Å². The number of benzene rings is 6. The van der Waals surface area contributed by atoms with E-state index in [1.54, 1.807) is 48.5 Å². The highest BCUT2D eigenvalue weighted by molar-refractivity contribution is 7.92. The van der Waals surface area contributed by atoms with Gasteiger partial charge in [-0.05, 0) is 191 Å².